The van der Waals surface area contributed by atoms with Crippen molar-refractivity contribution in [2.45, 2.75) is 25.0 Å². The molecule has 0 saturated carbocycles. The zero-order valence-corrected chi connectivity index (χ0v) is 9.44. The van der Waals surface area contributed by atoms with E-state index in [1.807, 2.05) is 0 Å². The molecule has 1 amide bonds. The van der Waals surface area contributed by atoms with Gasteiger partial charge in [0.15, 0.2) is 0 Å². The van der Waals surface area contributed by atoms with Crippen LogP contribution in [0.15, 0.2) is 0 Å². The van der Waals surface area contributed by atoms with E-state index in [9.17, 15) is 4.79 Å². The molecule has 0 aliphatic carbocycles. The van der Waals surface area contributed by atoms with E-state index >= 15 is 0 Å². The van der Waals surface area contributed by atoms with Crippen LogP contribution in [0.2, 0.25) is 0 Å². The highest BCUT2D eigenvalue weighted by Gasteiger charge is 2.31. The Morgan fingerprint density at radius 1 is 1.60 bits per heavy atom. The van der Waals surface area contributed by atoms with E-state index < -0.39 is 0 Å². The summed E-state index contributed by atoms with van der Waals surface area (Å²) in [6, 6.07) is 0. The van der Waals surface area contributed by atoms with E-state index in [0.29, 0.717) is 19.7 Å². The molecule has 1 rings (SSSR count). The molecule has 88 valence electrons. The summed E-state index contributed by atoms with van der Waals surface area (Å²) < 4.78 is 10.4. The molecule has 2 N–H and O–H groups in total. The van der Waals surface area contributed by atoms with Crippen molar-refractivity contribution in [3.8, 4) is 0 Å². The molecule has 0 bridgehead atoms. The Balaban J connectivity index is 2.33. The number of nitrogens with zero attached hydrogens (tertiary/aromatic N) is 1. The SMILES string of the molecule is COCCN(C)C(=O)C1CCC(CN)O1. The Hall–Kier alpha value is -0.650. The highest BCUT2D eigenvalue weighted by molar-refractivity contribution is 5.80. The number of amides is 1. The molecule has 5 heteroatoms. The minimum atomic E-state index is -0.305. The molecule has 0 aromatic rings. The van der Waals surface area contributed by atoms with Gasteiger partial charge in [0.2, 0.25) is 0 Å². The molecule has 1 aliphatic rings. The van der Waals surface area contributed by atoms with Crippen LogP contribution in [0.25, 0.3) is 0 Å². The molecule has 1 saturated heterocycles. The van der Waals surface area contributed by atoms with Crippen molar-refractivity contribution >= 4 is 5.91 Å². The van der Waals surface area contributed by atoms with Gasteiger partial charge in [-0.2, -0.15) is 0 Å². The Kier molecular flexibility index (Phi) is 5.01. The van der Waals surface area contributed by atoms with Crippen LogP contribution in [-0.2, 0) is 14.3 Å². The lowest BCUT2D eigenvalue weighted by molar-refractivity contribution is -0.141. The van der Waals surface area contributed by atoms with Gasteiger partial charge in [0, 0.05) is 27.2 Å². The molecule has 0 spiro atoms. The zero-order valence-electron chi connectivity index (χ0n) is 9.44. The highest BCUT2D eigenvalue weighted by atomic mass is 16.5. The van der Waals surface area contributed by atoms with E-state index in [4.69, 9.17) is 15.2 Å². The molecule has 2 unspecified atom stereocenters. The molecule has 5 nitrogen and oxygen atoms in total. The molecule has 0 aromatic heterocycles. The van der Waals surface area contributed by atoms with E-state index in [1.54, 1.807) is 19.1 Å². The lowest BCUT2D eigenvalue weighted by Crippen LogP contribution is -2.38. The van der Waals surface area contributed by atoms with Gasteiger partial charge in [-0.15, -0.1) is 0 Å². The summed E-state index contributed by atoms with van der Waals surface area (Å²) in [6.07, 6.45) is 1.40. The number of carbonyl (C=O) groups is 1. The molecular weight excluding hydrogens is 196 g/mol. The van der Waals surface area contributed by atoms with Gasteiger partial charge in [-0.1, -0.05) is 0 Å². The molecule has 15 heavy (non-hydrogen) atoms. The van der Waals surface area contributed by atoms with Gasteiger partial charge in [-0.25, -0.2) is 0 Å². The standard InChI is InChI=1S/C10H20N2O3/c1-12(5-6-14-2)10(13)9-4-3-8(7-11)15-9/h8-9H,3-7,11H2,1-2H3. The van der Waals surface area contributed by atoms with Crippen LogP contribution in [0, 0.1) is 0 Å². The summed E-state index contributed by atoms with van der Waals surface area (Å²) in [6.45, 7) is 1.64. The molecule has 1 fully saturated rings. The minimum absolute atomic E-state index is 0.0306. The molecule has 0 aromatic carbocycles. The summed E-state index contributed by atoms with van der Waals surface area (Å²) in [4.78, 5) is 13.5. The fourth-order valence-corrected chi connectivity index (χ4v) is 1.64. The first-order chi connectivity index (χ1) is 7.19. The summed E-state index contributed by atoms with van der Waals surface area (Å²) in [5.74, 6) is 0.0306. The third kappa shape index (κ3) is 3.44. The number of carbonyl (C=O) groups excluding carboxylic acids is 1. The van der Waals surface area contributed by atoms with E-state index in [2.05, 4.69) is 0 Å². The number of likely N-dealkylation sites (N-methyl/N-ethyl adjacent to an activating group) is 1. The van der Waals surface area contributed by atoms with E-state index in [-0.39, 0.29) is 18.1 Å². The maximum absolute atomic E-state index is 11.8. The quantitative estimate of drug-likeness (QED) is 0.679. The molecule has 1 aliphatic heterocycles. The first kappa shape index (κ1) is 12.4. The van der Waals surface area contributed by atoms with Gasteiger partial charge in [-0.05, 0) is 12.8 Å². The topological polar surface area (TPSA) is 64.8 Å². The van der Waals surface area contributed by atoms with Crippen molar-refractivity contribution in [1.82, 2.24) is 4.90 Å². The summed E-state index contributed by atoms with van der Waals surface area (Å²) >= 11 is 0. The van der Waals surface area contributed by atoms with Crippen molar-refractivity contribution in [2.75, 3.05) is 33.9 Å². The largest absolute Gasteiger partial charge is 0.383 e. The fraction of sp³-hybridized carbons (Fsp3) is 0.900. The maximum atomic E-state index is 11.8. The van der Waals surface area contributed by atoms with Crippen LogP contribution < -0.4 is 5.73 Å². The maximum Gasteiger partial charge on any atom is 0.251 e. The second kappa shape index (κ2) is 6.05. The fourth-order valence-electron chi connectivity index (χ4n) is 1.64. The van der Waals surface area contributed by atoms with Crippen molar-refractivity contribution in [2.24, 2.45) is 5.73 Å². The highest BCUT2D eigenvalue weighted by Crippen LogP contribution is 2.20. The van der Waals surface area contributed by atoms with Gasteiger partial charge in [0.25, 0.3) is 5.91 Å². The average molecular weight is 216 g/mol. The zero-order chi connectivity index (χ0) is 11.3. The van der Waals surface area contributed by atoms with Gasteiger partial charge < -0.3 is 20.1 Å². The number of hydrogen-bond acceptors (Lipinski definition) is 4. The summed E-state index contributed by atoms with van der Waals surface area (Å²) in [5.41, 5.74) is 5.48. The predicted octanol–water partition coefficient (Wildman–Crippen LogP) is -0.402. The summed E-state index contributed by atoms with van der Waals surface area (Å²) in [7, 11) is 3.38. The smallest absolute Gasteiger partial charge is 0.251 e. The van der Waals surface area contributed by atoms with Crippen LogP contribution in [0.4, 0.5) is 0 Å². The van der Waals surface area contributed by atoms with Crippen LogP contribution in [-0.4, -0.2) is 56.9 Å². The van der Waals surface area contributed by atoms with Gasteiger partial charge in [0.05, 0.1) is 12.7 Å². The number of hydrogen-bond donors (Lipinski definition) is 1. The van der Waals surface area contributed by atoms with Crippen LogP contribution in [0.3, 0.4) is 0 Å². The number of nitrogens with two attached hydrogens (primary N) is 1. The monoisotopic (exact) mass is 216 g/mol. The lowest BCUT2D eigenvalue weighted by atomic mass is 10.2. The number of methoxy groups -OCH3 is 1. The number of ether oxygens (including phenoxy) is 2. The molecule has 1 heterocycles. The van der Waals surface area contributed by atoms with Gasteiger partial charge in [0.1, 0.15) is 6.10 Å². The van der Waals surface area contributed by atoms with Crippen molar-refractivity contribution < 1.29 is 14.3 Å². The normalized spacial score (nSPS) is 25.5. The molecule has 2 atom stereocenters. The average Bonchev–Trinajstić information content (AvgIpc) is 2.73. The Morgan fingerprint density at radius 3 is 2.87 bits per heavy atom. The van der Waals surface area contributed by atoms with Crippen LogP contribution >= 0.6 is 0 Å². The van der Waals surface area contributed by atoms with Gasteiger partial charge in [-0.3, -0.25) is 4.79 Å². The van der Waals surface area contributed by atoms with Gasteiger partial charge >= 0.3 is 0 Å². The second-order valence-electron chi connectivity index (χ2n) is 3.81. The Bertz CT molecular complexity index is 211. The Morgan fingerprint density at radius 2 is 2.33 bits per heavy atom. The Labute approximate surface area is 90.5 Å². The predicted molar refractivity (Wildman–Crippen MR) is 56.5 cm³/mol. The summed E-state index contributed by atoms with van der Waals surface area (Å²) in [5, 5.41) is 0. The third-order valence-electron chi connectivity index (χ3n) is 2.65. The van der Waals surface area contributed by atoms with Crippen LogP contribution in [0.1, 0.15) is 12.8 Å². The van der Waals surface area contributed by atoms with Crippen LogP contribution in [0.5, 0.6) is 0 Å². The van der Waals surface area contributed by atoms with Crippen molar-refractivity contribution in [3.63, 3.8) is 0 Å². The first-order valence-corrected chi connectivity index (χ1v) is 5.28. The van der Waals surface area contributed by atoms with Crippen molar-refractivity contribution in [1.29, 1.82) is 0 Å². The van der Waals surface area contributed by atoms with E-state index in [1.165, 1.54) is 0 Å². The molecular formula is C10H20N2O3. The number of rotatable bonds is 5. The van der Waals surface area contributed by atoms with E-state index in [0.717, 1.165) is 12.8 Å². The first-order valence-electron chi connectivity index (χ1n) is 5.28. The minimum Gasteiger partial charge on any atom is -0.383 e. The third-order valence-corrected chi connectivity index (χ3v) is 2.65. The van der Waals surface area contributed by atoms with Crippen molar-refractivity contribution in [3.05, 3.63) is 0 Å². The lowest BCUT2D eigenvalue weighted by Gasteiger charge is -2.20. The molecule has 0 radical (unpaired) electrons. The second-order valence-corrected chi connectivity index (χ2v) is 3.81.